The number of amides is 1. The van der Waals surface area contributed by atoms with Crippen LogP contribution in [0.5, 0.6) is 0 Å². The van der Waals surface area contributed by atoms with E-state index in [1.807, 2.05) is 13.0 Å². The lowest BCUT2D eigenvalue weighted by molar-refractivity contribution is -0.120. The molecule has 1 saturated heterocycles. The number of aromatic amines is 1. The van der Waals surface area contributed by atoms with E-state index in [-0.39, 0.29) is 36.1 Å². The van der Waals surface area contributed by atoms with Gasteiger partial charge in [0, 0.05) is 35.2 Å². The van der Waals surface area contributed by atoms with Gasteiger partial charge in [0.05, 0.1) is 12.5 Å². The third-order valence-electron chi connectivity index (χ3n) is 5.59. The molecule has 174 valence electrons. The molecule has 32 heavy (non-hydrogen) atoms. The summed E-state index contributed by atoms with van der Waals surface area (Å²) in [5.74, 6) is -1.47. The Labute approximate surface area is 193 Å². The van der Waals surface area contributed by atoms with E-state index in [4.69, 9.17) is 16.3 Å². The molecule has 2 heterocycles. The summed E-state index contributed by atoms with van der Waals surface area (Å²) in [7, 11) is -4.02. The smallest absolute Gasteiger partial charge is 0.341 e. The molecule has 3 rings (SSSR count). The van der Waals surface area contributed by atoms with Crippen LogP contribution in [-0.2, 0) is 19.6 Å². The number of halogens is 1. The van der Waals surface area contributed by atoms with Gasteiger partial charge in [-0.25, -0.2) is 13.2 Å². The van der Waals surface area contributed by atoms with E-state index in [0.29, 0.717) is 34.9 Å². The van der Waals surface area contributed by atoms with Gasteiger partial charge in [-0.05, 0) is 58.2 Å². The minimum Gasteiger partial charge on any atom is -0.462 e. The van der Waals surface area contributed by atoms with Crippen LogP contribution < -0.4 is 5.32 Å². The number of hydrogen-bond donors (Lipinski definition) is 2. The van der Waals surface area contributed by atoms with Crippen molar-refractivity contribution in [2.45, 2.75) is 45.4 Å². The number of H-pyrrole nitrogens is 1. The molecule has 1 atom stereocenters. The number of carbonyl (C=O) groups is 2. The number of hydrogen-bond acceptors (Lipinski definition) is 5. The Hall–Kier alpha value is -2.36. The third kappa shape index (κ3) is 4.84. The Balaban J connectivity index is 1.83. The molecule has 2 N–H and O–H groups in total. The highest BCUT2D eigenvalue weighted by Crippen LogP contribution is 2.31. The number of ether oxygens (including phenoxy) is 1. The summed E-state index contributed by atoms with van der Waals surface area (Å²) >= 11 is 6.13. The average molecular weight is 482 g/mol. The predicted octanol–water partition coefficient (Wildman–Crippen LogP) is 3.81. The summed E-state index contributed by atoms with van der Waals surface area (Å²) in [6.45, 7) is 7.21. The zero-order valence-electron chi connectivity index (χ0n) is 18.6. The summed E-state index contributed by atoms with van der Waals surface area (Å²) in [5.41, 5.74) is 2.28. The number of anilines is 1. The molecule has 1 aliphatic heterocycles. The second kappa shape index (κ2) is 9.64. The highest BCUT2D eigenvalue weighted by atomic mass is 35.5. The van der Waals surface area contributed by atoms with Crippen molar-refractivity contribution in [1.82, 2.24) is 9.29 Å². The SMILES string of the molecule is CCOC(=O)c1c(C)[nH]c(C)c1S(=O)(=O)N1CCCC(C(=O)Nc2ccc(C)c(Cl)c2)C1. The van der Waals surface area contributed by atoms with Crippen LogP contribution in [0.2, 0.25) is 5.02 Å². The predicted molar refractivity (Wildman–Crippen MR) is 123 cm³/mol. The van der Waals surface area contributed by atoms with Crippen LogP contribution in [0.4, 0.5) is 5.69 Å². The number of carbonyl (C=O) groups excluding carboxylic acids is 2. The second-order valence-corrected chi connectivity index (χ2v) is 10.2. The van der Waals surface area contributed by atoms with Crippen LogP contribution in [-0.4, -0.2) is 49.3 Å². The lowest BCUT2D eigenvalue weighted by Crippen LogP contribution is -2.44. The maximum Gasteiger partial charge on any atom is 0.341 e. The molecule has 0 aliphatic carbocycles. The Morgan fingerprint density at radius 2 is 1.97 bits per heavy atom. The van der Waals surface area contributed by atoms with Crippen molar-refractivity contribution in [3.63, 3.8) is 0 Å². The molecule has 0 radical (unpaired) electrons. The van der Waals surface area contributed by atoms with Crippen molar-refractivity contribution in [1.29, 1.82) is 0 Å². The molecule has 8 nitrogen and oxygen atoms in total. The van der Waals surface area contributed by atoms with E-state index < -0.39 is 21.9 Å². The standard InChI is InChI=1S/C22H28ClN3O5S/c1-5-31-22(28)19-14(3)24-15(4)20(19)32(29,30)26-10-6-7-16(12-26)21(27)25-17-9-8-13(2)18(23)11-17/h8-9,11,16,24H,5-7,10,12H2,1-4H3,(H,25,27). The molecular weight excluding hydrogens is 454 g/mol. The monoisotopic (exact) mass is 481 g/mol. The molecule has 0 bridgehead atoms. The number of piperidine rings is 1. The van der Waals surface area contributed by atoms with Gasteiger partial charge in [-0.1, -0.05) is 17.7 Å². The van der Waals surface area contributed by atoms with E-state index in [2.05, 4.69) is 10.3 Å². The highest BCUT2D eigenvalue weighted by molar-refractivity contribution is 7.89. The molecule has 1 aliphatic rings. The maximum atomic E-state index is 13.5. The number of esters is 1. The summed E-state index contributed by atoms with van der Waals surface area (Å²) in [4.78, 5) is 28.2. The molecule has 2 aromatic rings. The molecule has 1 unspecified atom stereocenters. The van der Waals surface area contributed by atoms with E-state index >= 15 is 0 Å². The number of benzene rings is 1. The Bertz CT molecular complexity index is 1140. The van der Waals surface area contributed by atoms with E-state index in [9.17, 15) is 18.0 Å². The van der Waals surface area contributed by atoms with Gasteiger partial charge in [-0.15, -0.1) is 0 Å². The second-order valence-electron chi connectivity index (χ2n) is 7.96. The fourth-order valence-electron chi connectivity index (χ4n) is 3.95. The van der Waals surface area contributed by atoms with Crippen molar-refractivity contribution in [3.05, 3.63) is 45.7 Å². The van der Waals surface area contributed by atoms with Gasteiger partial charge in [0.1, 0.15) is 10.5 Å². The fraction of sp³-hybridized carbons (Fsp3) is 0.455. The Kier molecular flexibility index (Phi) is 7.32. The van der Waals surface area contributed by atoms with Crippen molar-refractivity contribution in [2.75, 3.05) is 25.0 Å². The minimum absolute atomic E-state index is 0.0187. The number of aryl methyl sites for hydroxylation is 3. The number of aromatic nitrogens is 1. The van der Waals surface area contributed by atoms with Crippen molar-refractivity contribution in [2.24, 2.45) is 5.92 Å². The Morgan fingerprint density at radius 3 is 2.62 bits per heavy atom. The number of sulfonamides is 1. The normalized spacial score (nSPS) is 17.2. The van der Waals surface area contributed by atoms with Gasteiger partial charge in [0.15, 0.2) is 0 Å². The van der Waals surface area contributed by atoms with Crippen LogP contribution in [0.1, 0.15) is 47.1 Å². The number of rotatable bonds is 6. The summed E-state index contributed by atoms with van der Waals surface area (Å²) in [6.07, 6.45) is 1.09. The van der Waals surface area contributed by atoms with Crippen LogP contribution in [0.25, 0.3) is 0 Å². The fourth-order valence-corrected chi connectivity index (χ4v) is 6.07. The zero-order chi connectivity index (χ0) is 23.6. The number of nitrogens with one attached hydrogen (secondary N) is 2. The van der Waals surface area contributed by atoms with E-state index in [1.54, 1.807) is 32.9 Å². The zero-order valence-corrected chi connectivity index (χ0v) is 20.2. The summed E-state index contributed by atoms with van der Waals surface area (Å²) < 4.78 is 33.4. The minimum atomic E-state index is -4.02. The van der Waals surface area contributed by atoms with Crippen LogP contribution in [0.15, 0.2) is 23.1 Å². The molecule has 1 amide bonds. The van der Waals surface area contributed by atoms with Crippen LogP contribution in [0, 0.1) is 26.7 Å². The Morgan fingerprint density at radius 1 is 1.25 bits per heavy atom. The van der Waals surface area contributed by atoms with Crippen LogP contribution in [0.3, 0.4) is 0 Å². The quantitative estimate of drug-likeness (QED) is 0.610. The summed E-state index contributed by atoms with van der Waals surface area (Å²) in [5, 5.41) is 3.37. The molecule has 1 aromatic heterocycles. The molecule has 1 fully saturated rings. The van der Waals surface area contributed by atoms with Gasteiger partial charge in [-0.3, -0.25) is 4.79 Å². The van der Waals surface area contributed by atoms with Crippen LogP contribution >= 0.6 is 11.6 Å². The average Bonchev–Trinajstić information content (AvgIpc) is 3.05. The van der Waals surface area contributed by atoms with Gasteiger partial charge < -0.3 is 15.0 Å². The largest absolute Gasteiger partial charge is 0.462 e. The van der Waals surface area contributed by atoms with Crippen molar-refractivity contribution >= 4 is 39.2 Å². The first kappa shape index (κ1) is 24.3. The van der Waals surface area contributed by atoms with Gasteiger partial charge >= 0.3 is 5.97 Å². The van der Waals surface area contributed by atoms with Crippen molar-refractivity contribution < 1.29 is 22.7 Å². The molecule has 0 saturated carbocycles. The van der Waals surface area contributed by atoms with Gasteiger partial charge in [0.25, 0.3) is 0 Å². The lowest BCUT2D eigenvalue weighted by atomic mass is 9.98. The first-order valence-electron chi connectivity index (χ1n) is 10.5. The molecular formula is C22H28ClN3O5S. The molecule has 10 heteroatoms. The number of nitrogens with zero attached hydrogens (tertiary/aromatic N) is 1. The molecule has 1 aromatic carbocycles. The topological polar surface area (TPSA) is 109 Å². The van der Waals surface area contributed by atoms with Gasteiger partial charge in [-0.2, -0.15) is 4.31 Å². The first-order chi connectivity index (χ1) is 15.1. The maximum absolute atomic E-state index is 13.5. The third-order valence-corrected chi connectivity index (χ3v) is 8.03. The molecule has 0 spiro atoms. The van der Waals surface area contributed by atoms with Crippen molar-refractivity contribution in [3.8, 4) is 0 Å². The van der Waals surface area contributed by atoms with Gasteiger partial charge in [0.2, 0.25) is 15.9 Å². The van der Waals surface area contributed by atoms with E-state index in [1.165, 1.54) is 4.31 Å². The first-order valence-corrected chi connectivity index (χ1v) is 12.3. The highest BCUT2D eigenvalue weighted by Gasteiger charge is 2.38. The van der Waals surface area contributed by atoms with E-state index in [0.717, 1.165) is 5.56 Å². The lowest BCUT2D eigenvalue weighted by Gasteiger charge is -2.31. The summed E-state index contributed by atoms with van der Waals surface area (Å²) in [6, 6.07) is 5.24.